The molecule has 1 aliphatic rings. The SMILES string of the molecule is CCn1c(O)c(C=C=C2C=COC=C2)c(=O)n(CC)c1=S. The zero-order valence-corrected chi connectivity index (χ0v) is 12.7. The number of ether oxygens (including phenoxy) is 1. The van der Waals surface area contributed by atoms with Crippen molar-refractivity contribution in [2.24, 2.45) is 0 Å². The van der Waals surface area contributed by atoms with E-state index < -0.39 is 0 Å². The highest BCUT2D eigenvalue weighted by Crippen LogP contribution is 2.16. The Labute approximate surface area is 127 Å². The van der Waals surface area contributed by atoms with Crippen molar-refractivity contribution in [2.75, 3.05) is 0 Å². The molecule has 21 heavy (non-hydrogen) atoms. The Morgan fingerprint density at radius 2 is 1.90 bits per heavy atom. The van der Waals surface area contributed by atoms with Crippen molar-refractivity contribution in [2.45, 2.75) is 26.9 Å². The van der Waals surface area contributed by atoms with Gasteiger partial charge in [0, 0.05) is 18.7 Å². The Morgan fingerprint density at radius 3 is 2.48 bits per heavy atom. The van der Waals surface area contributed by atoms with E-state index in [1.165, 1.54) is 27.7 Å². The van der Waals surface area contributed by atoms with Gasteiger partial charge < -0.3 is 9.84 Å². The topological polar surface area (TPSA) is 56.4 Å². The molecule has 0 atom stereocenters. The summed E-state index contributed by atoms with van der Waals surface area (Å²) in [6, 6.07) is 0. The summed E-state index contributed by atoms with van der Waals surface area (Å²) in [6.45, 7) is 4.62. The molecule has 0 bridgehead atoms. The third-order valence-corrected chi connectivity index (χ3v) is 3.54. The van der Waals surface area contributed by atoms with E-state index in [1.54, 1.807) is 12.2 Å². The maximum Gasteiger partial charge on any atom is 0.266 e. The fourth-order valence-corrected chi connectivity index (χ4v) is 2.41. The summed E-state index contributed by atoms with van der Waals surface area (Å²) in [6.07, 6.45) is 7.92. The fraction of sp³-hybridized carbons (Fsp3) is 0.267. The van der Waals surface area contributed by atoms with E-state index >= 15 is 0 Å². The molecule has 0 saturated heterocycles. The summed E-state index contributed by atoms with van der Waals surface area (Å²) in [5, 5.41) is 10.2. The number of hydrogen-bond acceptors (Lipinski definition) is 4. The molecule has 0 aliphatic carbocycles. The first kappa shape index (κ1) is 15.1. The second kappa shape index (κ2) is 6.43. The quantitative estimate of drug-likeness (QED) is 0.689. The Bertz CT molecular complexity index is 776. The molecule has 0 unspecified atom stereocenters. The van der Waals surface area contributed by atoms with Gasteiger partial charge in [-0.15, -0.1) is 5.73 Å². The summed E-state index contributed by atoms with van der Waals surface area (Å²) < 4.78 is 8.21. The van der Waals surface area contributed by atoms with Crippen molar-refractivity contribution in [3.63, 3.8) is 0 Å². The first-order valence-corrected chi connectivity index (χ1v) is 7.02. The van der Waals surface area contributed by atoms with Gasteiger partial charge >= 0.3 is 0 Å². The molecule has 0 saturated carbocycles. The molecule has 110 valence electrons. The molecule has 0 aromatic carbocycles. The lowest BCUT2D eigenvalue weighted by atomic mass is 10.2. The molecule has 0 spiro atoms. The van der Waals surface area contributed by atoms with Crippen molar-refractivity contribution in [1.82, 2.24) is 9.13 Å². The van der Waals surface area contributed by atoms with Crippen LogP contribution in [0.1, 0.15) is 19.4 Å². The van der Waals surface area contributed by atoms with Crippen LogP contribution in [0.15, 0.2) is 40.8 Å². The van der Waals surface area contributed by atoms with Crippen LogP contribution in [-0.2, 0) is 17.8 Å². The number of rotatable bonds is 3. The maximum atomic E-state index is 12.4. The zero-order valence-electron chi connectivity index (χ0n) is 11.9. The van der Waals surface area contributed by atoms with Crippen molar-refractivity contribution < 1.29 is 9.84 Å². The van der Waals surface area contributed by atoms with E-state index in [9.17, 15) is 9.90 Å². The Hall–Kier alpha value is -2.30. The number of allylic oxidation sites excluding steroid dienone is 3. The number of aromatic nitrogens is 2. The predicted molar refractivity (Wildman–Crippen MR) is 83.4 cm³/mol. The van der Waals surface area contributed by atoms with E-state index in [0.717, 1.165) is 5.57 Å². The first-order valence-electron chi connectivity index (χ1n) is 6.62. The van der Waals surface area contributed by atoms with Crippen LogP contribution in [0.5, 0.6) is 5.88 Å². The Balaban J connectivity index is 2.69. The van der Waals surface area contributed by atoms with Crippen LogP contribution in [0.3, 0.4) is 0 Å². The third kappa shape index (κ3) is 2.91. The van der Waals surface area contributed by atoms with Gasteiger partial charge in [-0.25, -0.2) is 0 Å². The van der Waals surface area contributed by atoms with Crippen LogP contribution in [0.25, 0.3) is 6.08 Å². The van der Waals surface area contributed by atoms with Gasteiger partial charge in [0.2, 0.25) is 5.88 Å². The van der Waals surface area contributed by atoms with Crippen molar-refractivity contribution >= 4 is 18.3 Å². The largest absolute Gasteiger partial charge is 0.494 e. The maximum absolute atomic E-state index is 12.4. The molecule has 0 amide bonds. The second-order valence-electron chi connectivity index (χ2n) is 4.30. The van der Waals surface area contributed by atoms with E-state index in [4.69, 9.17) is 17.0 Å². The third-order valence-electron chi connectivity index (χ3n) is 3.10. The molecule has 1 aliphatic heterocycles. The average Bonchev–Trinajstić information content (AvgIpc) is 2.49. The Morgan fingerprint density at radius 1 is 1.29 bits per heavy atom. The summed E-state index contributed by atoms with van der Waals surface area (Å²) in [4.78, 5) is 12.4. The molecular weight excluding hydrogens is 288 g/mol. The molecule has 1 aromatic rings. The normalized spacial score (nSPS) is 13.0. The van der Waals surface area contributed by atoms with Gasteiger partial charge in [-0.1, -0.05) is 0 Å². The number of aromatic hydroxyl groups is 1. The standard InChI is InChI=1S/C15H16N2O3S/c1-3-16-13(18)12(14(19)17(4-2)15(16)21)6-5-11-7-9-20-10-8-11/h6-10,18H,3-4H2,1-2H3. The highest BCUT2D eigenvalue weighted by Gasteiger charge is 2.13. The summed E-state index contributed by atoms with van der Waals surface area (Å²) in [7, 11) is 0. The van der Waals surface area contributed by atoms with E-state index in [2.05, 4.69) is 5.73 Å². The first-order chi connectivity index (χ1) is 10.1. The van der Waals surface area contributed by atoms with Crippen molar-refractivity contribution in [3.05, 3.63) is 56.7 Å². The number of nitrogens with zero attached hydrogens (tertiary/aromatic N) is 2. The lowest BCUT2D eigenvalue weighted by Crippen LogP contribution is -2.26. The smallest absolute Gasteiger partial charge is 0.266 e. The second-order valence-corrected chi connectivity index (χ2v) is 4.66. The highest BCUT2D eigenvalue weighted by atomic mass is 32.1. The van der Waals surface area contributed by atoms with Crippen molar-refractivity contribution in [3.8, 4) is 5.88 Å². The van der Waals surface area contributed by atoms with Crippen molar-refractivity contribution in [1.29, 1.82) is 0 Å². The highest BCUT2D eigenvalue weighted by molar-refractivity contribution is 7.71. The summed E-state index contributed by atoms with van der Waals surface area (Å²) in [5.41, 5.74) is 3.56. The van der Waals surface area contributed by atoms with Gasteiger partial charge in [0.25, 0.3) is 5.56 Å². The van der Waals surface area contributed by atoms with E-state index in [1.807, 2.05) is 13.8 Å². The van der Waals surface area contributed by atoms with Gasteiger partial charge in [-0.3, -0.25) is 13.9 Å². The average molecular weight is 304 g/mol. The van der Waals surface area contributed by atoms with E-state index in [-0.39, 0.29) is 17.0 Å². The lowest BCUT2D eigenvalue weighted by molar-refractivity contribution is 0.398. The van der Waals surface area contributed by atoms with Gasteiger partial charge in [-0.05, 0) is 44.3 Å². The molecule has 0 fully saturated rings. The summed E-state index contributed by atoms with van der Waals surface area (Å²) in [5.74, 6) is -0.134. The Kier molecular flexibility index (Phi) is 4.62. The van der Waals surface area contributed by atoms with Crippen LogP contribution in [0.4, 0.5) is 0 Å². The minimum Gasteiger partial charge on any atom is -0.494 e. The zero-order chi connectivity index (χ0) is 15.4. The molecule has 5 nitrogen and oxygen atoms in total. The van der Waals surface area contributed by atoms with Crippen LogP contribution in [-0.4, -0.2) is 14.2 Å². The molecule has 0 radical (unpaired) electrons. The molecule has 2 heterocycles. The van der Waals surface area contributed by atoms with Crippen LogP contribution >= 0.6 is 12.2 Å². The predicted octanol–water partition coefficient (Wildman–Crippen LogP) is 2.72. The number of hydrogen-bond donors (Lipinski definition) is 1. The molecule has 2 rings (SSSR count). The van der Waals surface area contributed by atoms with Gasteiger partial charge in [0.1, 0.15) is 5.56 Å². The van der Waals surface area contributed by atoms with Gasteiger partial charge in [0.15, 0.2) is 4.77 Å². The molecule has 1 aromatic heterocycles. The molecule has 6 heteroatoms. The molecular formula is C15H16N2O3S. The van der Waals surface area contributed by atoms with E-state index in [0.29, 0.717) is 17.9 Å². The molecule has 1 N–H and O–H groups in total. The van der Waals surface area contributed by atoms with Gasteiger partial charge in [-0.2, -0.15) is 0 Å². The van der Waals surface area contributed by atoms with Crippen LogP contribution < -0.4 is 5.56 Å². The fourth-order valence-electron chi connectivity index (χ4n) is 1.98. The minimum atomic E-state index is -0.321. The minimum absolute atomic E-state index is 0.134. The summed E-state index contributed by atoms with van der Waals surface area (Å²) >= 11 is 5.22. The van der Waals surface area contributed by atoms with Crippen LogP contribution in [0.2, 0.25) is 0 Å². The monoisotopic (exact) mass is 304 g/mol. The lowest BCUT2D eigenvalue weighted by Gasteiger charge is -2.13. The van der Waals surface area contributed by atoms with Crippen LogP contribution in [0, 0.1) is 4.77 Å². The van der Waals surface area contributed by atoms with Gasteiger partial charge in [0.05, 0.1) is 12.5 Å².